The van der Waals surface area contributed by atoms with E-state index in [1.165, 1.54) is 55.6 Å². The van der Waals surface area contributed by atoms with Crippen molar-refractivity contribution in [3.05, 3.63) is 269 Å². The monoisotopic (exact) mass is 739 g/mol. The Balaban J connectivity index is 1.19. The zero-order valence-corrected chi connectivity index (χ0v) is 31.7. The van der Waals surface area contributed by atoms with E-state index in [4.69, 9.17) is 4.42 Å². The number of nitrogens with zero attached hydrogens (tertiary/aromatic N) is 1. The third kappa shape index (κ3) is 4.32. The van der Waals surface area contributed by atoms with Gasteiger partial charge >= 0.3 is 0 Å². The van der Waals surface area contributed by atoms with Gasteiger partial charge in [-0.05, 0) is 92.0 Å². The Labute approximate surface area is 337 Å². The maximum absolute atomic E-state index is 6.71. The summed E-state index contributed by atoms with van der Waals surface area (Å²) in [4.78, 5) is 2.36. The number of benzene rings is 9. The highest BCUT2D eigenvalue weighted by Crippen LogP contribution is 2.66. The van der Waals surface area contributed by atoms with Crippen LogP contribution >= 0.6 is 0 Å². The smallest absolute Gasteiger partial charge is 0.159 e. The van der Waals surface area contributed by atoms with Gasteiger partial charge in [-0.2, -0.15) is 0 Å². The fourth-order valence-corrected chi connectivity index (χ4v) is 10.6. The molecule has 0 saturated carbocycles. The van der Waals surface area contributed by atoms with Gasteiger partial charge in [0.05, 0.1) is 16.5 Å². The number of rotatable bonds is 6. The molecule has 0 saturated heterocycles. The molecule has 0 radical (unpaired) electrons. The van der Waals surface area contributed by atoms with Crippen LogP contribution in [0.3, 0.4) is 0 Å². The van der Waals surface area contributed by atoms with Crippen molar-refractivity contribution >= 4 is 39.0 Å². The highest BCUT2D eigenvalue weighted by molar-refractivity contribution is 6.10. The molecule has 2 aliphatic rings. The van der Waals surface area contributed by atoms with E-state index in [-0.39, 0.29) is 0 Å². The molecule has 0 fully saturated rings. The first-order valence-electron chi connectivity index (χ1n) is 20.1. The molecule has 2 nitrogen and oxygen atoms in total. The molecular weight excluding hydrogens is 703 g/mol. The molecule has 2 aliphatic carbocycles. The van der Waals surface area contributed by atoms with E-state index in [0.717, 1.165) is 39.0 Å². The van der Waals surface area contributed by atoms with Crippen molar-refractivity contribution in [3.8, 4) is 11.1 Å². The Kier molecular flexibility index (Phi) is 7.09. The molecule has 0 amide bonds. The van der Waals surface area contributed by atoms with E-state index in [9.17, 15) is 0 Å². The maximum atomic E-state index is 6.71. The third-order valence-corrected chi connectivity index (χ3v) is 12.8. The Bertz CT molecular complexity index is 3180. The Morgan fingerprint density at radius 3 is 1.64 bits per heavy atom. The van der Waals surface area contributed by atoms with Crippen LogP contribution in [0.5, 0.6) is 0 Å². The van der Waals surface area contributed by atoms with E-state index in [1.54, 1.807) is 0 Å². The number of hydrogen-bond acceptors (Lipinski definition) is 2. The van der Waals surface area contributed by atoms with E-state index in [0.29, 0.717) is 0 Å². The molecule has 0 spiro atoms. The fourth-order valence-electron chi connectivity index (χ4n) is 10.6. The van der Waals surface area contributed by atoms with Crippen LogP contribution in [0.25, 0.3) is 33.1 Å². The third-order valence-electron chi connectivity index (χ3n) is 12.8. The maximum Gasteiger partial charge on any atom is 0.159 e. The zero-order chi connectivity index (χ0) is 38.3. The molecule has 12 rings (SSSR count). The molecule has 58 heavy (non-hydrogen) atoms. The molecule has 0 bridgehead atoms. The lowest BCUT2D eigenvalue weighted by molar-refractivity contribution is 0.626. The lowest BCUT2D eigenvalue weighted by atomic mass is 9.51. The molecule has 9 aromatic carbocycles. The van der Waals surface area contributed by atoms with E-state index in [2.05, 4.69) is 223 Å². The molecule has 10 aromatic rings. The van der Waals surface area contributed by atoms with Crippen molar-refractivity contribution in [2.24, 2.45) is 0 Å². The number of furan rings is 1. The second kappa shape index (κ2) is 12.5. The summed E-state index contributed by atoms with van der Waals surface area (Å²) in [5.74, 6) is 0. The molecule has 2 heteroatoms. The van der Waals surface area contributed by atoms with Gasteiger partial charge in [-0.1, -0.05) is 188 Å². The SMILES string of the molecule is c1ccc(N(c2cccc(C3(c4ccccc4)c4ccccc4C4(c5ccccc5)c5ccccc5-c5cccc3c54)c2)c2cccc3c2oc2ccccc23)cc1. The first-order chi connectivity index (χ1) is 28.8. The topological polar surface area (TPSA) is 16.4 Å². The van der Waals surface area contributed by atoms with Crippen molar-refractivity contribution in [2.75, 3.05) is 4.90 Å². The molecule has 0 aliphatic heterocycles. The highest BCUT2D eigenvalue weighted by atomic mass is 16.3. The number of fused-ring (bicyclic) bond motifs is 8. The molecule has 1 heterocycles. The molecule has 2 atom stereocenters. The van der Waals surface area contributed by atoms with Crippen LogP contribution in [0.2, 0.25) is 0 Å². The standard InChI is InChI=1S/C56H37NO/c1-4-19-38(20-5-1)55(40-23-16-26-42(37-40)57(41-24-8-3-9-25-41)51-35-18-30-46-44-28-11-15-36-52(44)58-54(46)51)48-32-13-14-33-49(48)56(39-21-6-2-7-22-39)47-31-12-10-27-43(47)45-29-17-34-50(55)53(45)56/h1-37H. The predicted octanol–water partition coefficient (Wildman–Crippen LogP) is 14.1. The second-order valence-corrected chi connectivity index (χ2v) is 15.5. The van der Waals surface area contributed by atoms with Crippen LogP contribution < -0.4 is 4.90 Å². The average Bonchev–Trinajstić information content (AvgIpc) is 3.84. The van der Waals surface area contributed by atoms with Gasteiger partial charge in [0.2, 0.25) is 0 Å². The summed E-state index contributed by atoms with van der Waals surface area (Å²) in [6.45, 7) is 0. The first-order valence-corrected chi connectivity index (χ1v) is 20.1. The van der Waals surface area contributed by atoms with Gasteiger partial charge in [-0.3, -0.25) is 0 Å². The van der Waals surface area contributed by atoms with Gasteiger partial charge in [0, 0.05) is 22.1 Å². The predicted molar refractivity (Wildman–Crippen MR) is 238 cm³/mol. The lowest BCUT2D eigenvalue weighted by Gasteiger charge is -2.49. The summed E-state index contributed by atoms with van der Waals surface area (Å²) < 4.78 is 6.71. The summed E-state index contributed by atoms with van der Waals surface area (Å²) in [5.41, 5.74) is 16.6. The summed E-state index contributed by atoms with van der Waals surface area (Å²) >= 11 is 0. The van der Waals surface area contributed by atoms with Gasteiger partial charge in [0.25, 0.3) is 0 Å². The van der Waals surface area contributed by atoms with E-state index in [1.807, 2.05) is 6.07 Å². The van der Waals surface area contributed by atoms with Crippen LogP contribution in [-0.2, 0) is 10.8 Å². The average molecular weight is 740 g/mol. The summed E-state index contributed by atoms with van der Waals surface area (Å²) in [6.07, 6.45) is 0. The van der Waals surface area contributed by atoms with Crippen LogP contribution in [0, 0.1) is 0 Å². The quantitative estimate of drug-likeness (QED) is 0.169. The number of para-hydroxylation sites is 3. The van der Waals surface area contributed by atoms with Crippen LogP contribution in [0.15, 0.2) is 229 Å². The Hall–Kier alpha value is -7.42. The second-order valence-electron chi connectivity index (χ2n) is 15.5. The van der Waals surface area contributed by atoms with Gasteiger partial charge in [0.15, 0.2) is 5.58 Å². The minimum absolute atomic E-state index is 0.497. The van der Waals surface area contributed by atoms with Gasteiger partial charge in [0.1, 0.15) is 5.58 Å². The van der Waals surface area contributed by atoms with Crippen molar-refractivity contribution in [2.45, 2.75) is 10.8 Å². The fraction of sp³-hybridized carbons (Fsp3) is 0.0357. The van der Waals surface area contributed by atoms with Gasteiger partial charge < -0.3 is 9.32 Å². The number of anilines is 3. The molecule has 1 aromatic heterocycles. The lowest BCUT2D eigenvalue weighted by Crippen LogP contribution is -2.44. The van der Waals surface area contributed by atoms with Crippen LogP contribution in [-0.4, -0.2) is 0 Å². The van der Waals surface area contributed by atoms with E-state index >= 15 is 0 Å². The van der Waals surface area contributed by atoms with Crippen LogP contribution in [0.1, 0.15) is 44.5 Å². The Morgan fingerprint density at radius 2 is 0.862 bits per heavy atom. The first kappa shape index (κ1) is 32.8. The molecule has 2 unspecified atom stereocenters. The summed E-state index contributed by atoms with van der Waals surface area (Å²) in [6, 6.07) is 82.4. The van der Waals surface area contributed by atoms with Crippen LogP contribution in [0.4, 0.5) is 17.1 Å². The zero-order valence-electron chi connectivity index (χ0n) is 31.7. The van der Waals surface area contributed by atoms with E-state index < -0.39 is 10.8 Å². The highest BCUT2D eigenvalue weighted by Gasteiger charge is 2.57. The minimum Gasteiger partial charge on any atom is -0.454 e. The number of hydrogen-bond donors (Lipinski definition) is 0. The Morgan fingerprint density at radius 1 is 0.345 bits per heavy atom. The summed E-state index contributed by atoms with van der Waals surface area (Å²) in [7, 11) is 0. The van der Waals surface area contributed by atoms with Gasteiger partial charge in [-0.15, -0.1) is 0 Å². The van der Waals surface area contributed by atoms with Crippen molar-refractivity contribution < 1.29 is 4.42 Å². The normalized spacial score (nSPS) is 17.4. The largest absolute Gasteiger partial charge is 0.454 e. The van der Waals surface area contributed by atoms with Gasteiger partial charge in [-0.25, -0.2) is 0 Å². The molecule has 272 valence electrons. The van der Waals surface area contributed by atoms with Crippen molar-refractivity contribution in [3.63, 3.8) is 0 Å². The molecular formula is C56H37NO. The summed E-state index contributed by atoms with van der Waals surface area (Å²) in [5, 5.41) is 2.22. The van der Waals surface area contributed by atoms with Crippen molar-refractivity contribution in [1.29, 1.82) is 0 Å². The van der Waals surface area contributed by atoms with Crippen molar-refractivity contribution in [1.82, 2.24) is 0 Å². The molecule has 0 N–H and O–H groups in total. The minimum atomic E-state index is -0.659.